The molecule has 0 spiro atoms. The van der Waals surface area contributed by atoms with Crippen molar-refractivity contribution in [1.29, 1.82) is 0 Å². The highest BCUT2D eigenvalue weighted by atomic mass is 19.4. The largest absolute Gasteiger partial charge is 0.497 e. The Hall–Kier alpha value is -2.87. The normalized spacial score (nSPS) is 20.0. The van der Waals surface area contributed by atoms with Crippen molar-refractivity contribution in [2.24, 2.45) is 5.10 Å². The molecule has 0 aliphatic carbocycles. The molecule has 0 saturated carbocycles. The Morgan fingerprint density at radius 1 is 1.15 bits per heavy atom. The maximum atomic E-state index is 13.2. The van der Waals surface area contributed by atoms with E-state index in [1.165, 1.54) is 43.5 Å². The van der Waals surface area contributed by atoms with Gasteiger partial charge in [-0.25, -0.2) is 0 Å². The van der Waals surface area contributed by atoms with Crippen LogP contribution in [0.4, 0.5) is 13.2 Å². The van der Waals surface area contributed by atoms with E-state index in [0.717, 1.165) is 0 Å². The van der Waals surface area contributed by atoms with Crippen molar-refractivity contribution in [3.63, 3.8) is 0 Å². The zero-order valence-electron chi connectivity index (χ0n) is 13.7. The lowest BCUT2D eigenvalue weighted by Crippen LogP contribution is -2.43. The van der Waals surface area contributed by atoms with E-state index < -0.39 is 29.9 Å². The number of aliphatic hydroxyl groups is 1. The topological polar surface area (TPSA) is 62.1 Å². The van der Waals surface area contributed by atoms with Gasteiger partial charge in [0.15, 0.2) is 5.72 Å². The number of halogens is 3. The minimum Gasteiger partial charge on any atom is -0.497 e. The van der Waals surface area contributed by atoms with Crippen LogP contribution >= 0.6 is 0 Å². The summed E-state index contributed by atoms with van der Waals surface area (Å²) in [6.07, 6.45) is -5.60. The van der Waals surface area contributed by atoms with Gasteiger partial charge in [0, 0.05) is 11.1 Å². The number of hydrogen-bond donors (Lipinski definition) is 1. The first-order chi connectivity index (χ1) is 12.3. The molecule has 0 unspecified atom stereocenters. The zero-order chi connectivity index (χ0) is 18.9. The zero-order valence-corrected chi connectivity index (χ0v) is 13.7. The van der Waals surface area contributed by atoms with E-state index in [4.69, 9.17) is 4.74 Å². The number of amides is 1. The van der Waals surface area contributed by atoms with Crippen LogP contribution in [-0.2, 0) is 5.72 Å². The van der Waals surface area contributed by atoms with Crippen molar-refractivity contribution in [2.75, 3.05) is 7.11 Å². The van der Waals surface area contributed by atoms with Crippen LogP contribution in [0.15, 0.2) is 59.7 Å². The fourth-order valence-corrected chi connectivity index (χ4v) is 2.70. The fourth-order valence-electron chi connectivity index (χ4n) is 2.70. The van der Waals surface area contributed by atoms with Crippen LogP contribution < -0.4 is 4.74 Å². The van der Waals surface area contributed by atoms with Gasteiger partial charge in [-0.15, -0.1) is 0 Å². The summed E-state index contributed by atoms with van der Waals surface area (Å²) in [7, 11) is 1.45. The molecule has 5 nitrogen and oxygen atoms in total. The first-order valence-electron chi connectivity index (χ1n) is 7.67. The molecule has 1 atom stereocenters. The first-order valence-corrected chi connectivity index (χ1v) is 7.67. The Morgan fingerprint density at radius 3 is 2.31 bits per heavy atom. The lowest BCUT2D eigenvalue weighted by molar-refractivity contribution is -0.0816. The van der Waals surface area contributed by atoms with Gasteiger partial charge in [0.25, 0.3) is 5.91 Å². The quantitative estimate of drug-likeness (QED) is 0.909. The minimum atomic E-state index is -4.75. The summed E-state index contributed by atoms with van der Waals surface area (Å²) >= 11 is 0. The third kappa shape index (κ3) is 3.15. The van der Waals surface area contributed by atoms with E-state index in [2.05, 4.69) is 5.10 Å². The number of methoxy groups -OCH3 is 1. The van der Waals surface area contributed by atoms with Crippen LogP contribution in [0.25, 0.3) is 0 Å². The monoisotopic (exact) mass is 364 g/mol. The molecule has 2 aromatic rings. The molecular weight excluding hydrogens is 349 g/mol. The Bertz CT molecular complexity index is 835. The molecule has 0 radical (unpaired) electrons. The highest BCUT2D eigenvalue weighted by molar-refractivity contribution is 5.99. The number of carbonyl (C=O) groups is 1. The number of benzene rings is 2. The SMILES string of the molecule is COc1ccc(C(=O)N2N=C(C(F)(F)F)C[C@]2(O)c2ccccc2)cc1. The van der Waals surface area contributed by atoms with Crippen molar-refractivity contribution in [3.8, 4) is 5.75 Å². The molecule has 0 saturated heterocycles. The Labute approximate surface area is 147 Å². The van der Waals surface area contributed by atoms with E-state index in [9.17, 15) is 23.1 Å². The molecule has 2 aromatic carbocycles. The number of carbonyl (C=O) groups excluding carboxylic acids is 1. The summed E-state index contributed by atoms with van der Waals surface area (Å²) in [5.74, 6) is -0.362. The predicted octanol–water partition coefficient (Wildman–Crippen LogP) is 3.30. The number of hydrogen-bond acceptors (Lipinski definition) is 4. The van der Waals surface area contributed by atoms with E-state index in [-0.39, 0.29) is 11.1 Å². The molecular formula is C18H15F3N2O3. The Balaban J connectivity index is 2.03. The molecule has 26 heavy (non-hydrogen) atoms. The highest BCUT2D eigenvalue weighted by Gasteiger charge is 2.53. The summed E-state index contributed by atoms with van der Waals surface area (Å²) in [5, 5.41) is 14.8. The van der Waals surface area contributed by atoms with E-state index in [1.807, 2.05) is 0 Å². The average molecular weight is 364 g/mol. The van der Waals surface area contributed by atoms with Gasteiger partial charge in [-0.05, 0) is 24.3 Å². The second-order valence-electron chi connectivity index (χ2n) is 5.75. The smallest absolute Gasteiger partial charge is 0.431 e. The minimum absolute atomic E-state index is 0.0762. The van der Waals surface area contributed by atoms with Crippen molar-refractivity contribution < 1.29 is 27.8 Å². The summed E-state index contributed by atoms with van der Waals surface area (Å²) in [6.45, 7) is 0. The average Bonchev–Trinajstić information content (AvgIpc) is 3.01. The second kappa shape index (κ2) is 6.45. The first kappa shape index (κ1) is 17.9. The Morgan fingerprint density at radius 2 is 1.77 bits per heavy atom. The number of alkyl halides is 3. The number of nitrogens with zero attached hydrogens (tertiary/aromatic N) is 2. The molecule has 0 fully saturated rings. The number of ether oxygens (including phenoxy) is 1. The van der Waals surface area contributed by atoms with E-state index in [0.29, 0.717) is 10.8 Å². The van der Waals surface area contributed by atoms with Gasteiger partial charge in [-0.3, -0.25) is 4.79 Å². The molecule has 1 amide bonds. The standard InChI is InChI=1S/C18H15F3N2O3/c1-26-14-9-7-12(8-10-14)16(24)23-17(25,13-5-3-2-4-6-13)11-15(22-23)18(19,20)21/h2-10,25H,11H2,1H3/t17-/m0/s1. The molecule has 0 bridgehead atoms. The van der Waals surface area contributed by atoms with Gasteiger partial charge in [0.2, 0.25) is 0 Å². The van der Waals surface area contributed by atoms with Gasteiger partial charge in [0.05, 0.1) is 13.5 Å². The predicted molar refractivity (Wildman–Crippen MR) is 87.6 cm³/mol. The maximum absolute atomic E-state index is 13.2. The summed E-state index contributed by atoms with van der Waals surface area (Å²) in [4.78, 5) is 12.8. The van der Waals surface area contributed by atoms with Crippen LogP contribution in [0, 0.1) is 0 Å². The third-order valence-electron chi connectivity index (χ3n) is 4.08. The van der Waals surface area contributed by atoms with E-state index >= 15 is 0 Å². The van der Waals surface area contributed by atoms with E-state index in [1.54, 1.807) is 18.2 Å². The van der Waals surface area contributed by atoms with Gasteiger partial charge in [-0.1, -0.05) is 30.3 Å². The maximum Gasteiger partial charge on any atom is 0.431 e. The highest BCUT2D eigenvalue weighted by Crippen LogP contribution is 2.40. The van der Waals surface area contributed by atoms with Gasteiger partial charge < -0.3 is 9.84 Å². The lowest BCUT2D eigenvalue weighted by atomic mass is 9.96. The molecule has 3 rings (SSSR count). The summed E-state index contributed by atoms with van der Waals surface area (Å²) in [5.41, 5.74) is -3.22. The Kier molecular flexibility index (Phi) is 4.45. The van der Waals surface area contributed by atoms with Crippen molar-refractivity contribution >= 4 is 11.6 Å². The molecule has 1 aliphatic rings. The summed E-state index contributed by atoms with van der Waals surface area (Å²) < 4.78 is 44.5. The van der Waals surface area contributed by atoms with Gasteiger partial charge >= 0.3 is 6.18 Å². The van der Waals surface area contributed by atoms with Crippen LogP contribution in [-0.4, -0.2) is 35.0 Å². The van der Waals surface area contributed by atoms with Gasteiger partial charge in [-0.2, -0.15) is 23.3 Å². The molecule has 1 heterocycles. The van der Waals surface area contributed by atoms with Crippen LogP contribution in [0.3, 0.4) is 0 Å². The molecule has 0 aromatic heterocycles. The van der Waals surface area contributed by atoms with Crippen molar-refractivity contribution in [3.05, 3.63) is 65.7 Å². The van der Waals surface area contributed by atoms with Crippen LogP contribution in [0.1, 0.15) is 22.3 Å². The molecule has 136 valence electrons. The lowest BCUT2D eigenvalue weighted by Gasteiger charge is -2.31. The molecule has 8 heteroatoms. The summed E-state index contributed by atoms with van der Waals surface area (Å²) in [6, 6.07) is 13.5. The number of hydrazone groups is 1. The van der Waals surface area contributed by atoms with Crippen molar-refractivity contribution in [1.82, 2.24) is 5.01 Å². The second-order valence-corrected chi connectivity index (χ2v) is 5.75. The van der Waals surface area contributed by atoms with Crippen molar-refractivity contribution in [2.45, 2.75) is 18.3 Å². The van der Waals surface area contributed by atoms with Gasteiger partial charge in [0.1, 0.15) is 11.5 Å². The molecule has 1 aliphatic heterocycles. The fraction of sp³-hybridized carbons (Fsp3) is 0.222. The third-order valence-corrected chi connectivity index (χ3v) is 4.08. The molecule has 1 N–H and O–H groups in total. The van der Waals surface area contributed by atoms with Crippen LogP contribution in [0.5, 0.6) is 5.75 Å². The number of rotatable bonds is 3. The van der Waals surface area contributed by atoms with Crippen LogP contribution in [0.2, 0.25) is 0 Å².